The summed E-state index contributed by atoms with van der Waals surface area (Å²) >= 11 is 1.45. The zero-order chi connectivity index (χ0) is 27.1. The third kappa shape index (κ3) is 4.84. The van der Waals surface area contributed by atoms with Crippen LogP contribution in [0.1, 0.15) is 5.56 Å². The molecule has 0 bridgehead atoms. The van der Waals surface area contributed by atoms with Crippen molar-refractivity contribution in [3.8, 4) is 22.1 Å². The molecule has 0 atom stereocenters. The van der Waals surface area contributed by atoms with E-state index < -0.39 is 23.6 Å². The van der Waals surface area contributed by atoms with E-state index >= 15 is 4.39 Å². The Morgan fingerprint density at radius 1 is 1.03 bits per heavy atom. The van der Waals surface area contributed by atoms with E-state index in [1.807, 2.05) is 23.9 Å². The maximum absolute atomic E-state index is 15.0. The molecule has 6 rings (SSSR count). The molecule has 3 amide bonds. The number of carbonyl (C=O) groups is 2. The molecule has 8 nitrogen and oxygen atoms in total. The number of thiophene rings is 1. The van der Waals surface area contributed by atoms with Gasteiger partial charge in [-0.05, 0) is 48.0 Å². The van der Waals surface area contributed by atoms with Crippen molar-refractivity contribution in [2.24, 2.45) is 7.05 Å². The molecule has 5 aromatic rings. The van der Waals surface area contributed by atoms with Crippen LogP contribution in [0.25, 0.3) is 20.8 Å². The van der Waals surface area contributed by atoms with Crippen molar-refractivity contribution >= 4 is 39.2 Å². The number of ether oxygens (including phenoxy) is 1. The first kappa shape index (κ1) is 24.7. The number of nitrogens with zero attached hydrogens (tertiary/aromatic N) is 5. The van der Waals surface area contributed by atoms with Crippen molar-refractivity contribution in [1.29, 1.82) is 0 Å². The summed E-state index contributed by atoms with van der Waals surface area (Å²) in [5.41, 5.74) is 2.44. The number of hydrogen-bond acceptors (Lipinski definition) is 6. The number of benzene rings is 2. The van der Waals surface area contributed by atoms with Gasteiger partial charge < -0.3 is 9.30 Å². The number of anilines is 1. The van der Waals surface area contributed by atoms with Gasteiger partial charge in [0, 0.05) is 44.3 Å². The number of halogens is 2. The first-order valence-electron chi connectivity index (χ1n) is 12.1. The van der Waals surface area contributed by atoms with Crippen LogP contribution in [-0.4, -0.2) is 44.5 Å². The first-order valence-corrected chi connectivity index (χ1v) is 12.9. The maximum atomic E-state index is 15.0. The first-order chi connectivity index (χ1) is 18.9. The molecule has 1 fully saturated rings. The average Bonchev–Trinajstić information content (AvgIpc) is 3.64. The Hall–Kier alpha value is -4.64. The van der Waals surface area contributed by atoms with Gasteiger partial charge in [-0.3, -0.25) is 19.6 Å². The second-order valence-electron chi connectivity index (χ2n) is 9.06. The normalized spacial score (nSPS) is 13.5. The fraction of sp³-hybridized carbons (Fsp3) is 0.143. The highest BCUT2D eigenvalue weighted by molar-refractivity contribution is 7.22. The van der Waals surface area contributed by atoms with E-state index in [4.69, 9.17) is 4.74 Å². The lowest BCUT2D eigenvalue weighted by Gasteiger charge is -2.17. The zero-order valence-electron chi connectivity index (χ0n) is 20.7. The molecule has 1 saturated heterocycles. The highest BCUT2D eigenvalue weighted by atomic mass is 32.1. The van der Waals surface area contributed by atoms with Gasteiger partial charge in [-0.25, -0.2) is 18.6 Å². The summed E-state index contributed by atoms with van der Waals surface area (Å²) in [6, 6.07) is 12.9. The smallest absolute Gasteiger partial charge is 0.331 e. The largest absolute Gasteiger partial charge is 0.453 e. The lowest BCUT2D eigenvalue weighted by molar-refractivity contribution is -0.126. The second kappa shape index (κ2) is 9.91. The van der Waals surface area contributed by atoms with Gasteiger partial charge in [0.15, 0.2) is 11.6 Å². The van der Waals surface area contributed by atoms with Crippen molar-refractivity contribution in [2.75, 3.05) is 18.0 Å². The lowest BCUT2D eigenvalue weighted by Crippen LogP contribution is -2.37. The number of pyridine rings is 1. The van der Waals surface area contributed by atoms with Crippen molar-refractivity contribution in [3.05, 3.63) is 90.5 Å². The molecule has 0 saturated carbocycles. The standard InChI is InChI=1S/C28H21F2N5O3S/c1-33-15-22(32-16-33)25-14-21-27(39-25)24(8-9-31-21)38-23-7-2-17(12-20(23)30)13-26(36)35-11-10-34(28(35)37)19-5-3-18(29)4-6-19/h2-9,12,14-16H,10-11,13H2,1H3. The average molecular weight is 546 g/mol. The van der Waals surface area contributed by atoms with Crippen LogP contribution in [0.15, 0.2) is 73.3 Å². The van der Waals surface area contributed by atoms with Crippen molar-refractivity contribution in [2.45, 2.75) is 6.42 Å². The van der Waals surface area contributed by atoms with Crippen molar-refractivity contribution in [3.63, 3.8) is 0 Å². The van der Waals surface area contributed by atoms with Crippen LogP contribution in [0.2, 0.25) is 0 Å². The van der Waals surface area contributed by atoms with Gasteiger partial charge in [0.2, 0.25) is 5.91 Å². The number of urea groups is 1. The fourth-order valence-corrected chi connectivity index (χ4v) is 5.44. The number of aryl methyl sites for hydroxylation is 1. The Balaban J connectivity index is 1.16. The molecule has 0 N–H and O–H groups in total. The summed E-state index contributed by atoms with van der Waals surface area (Å²) in [5, 5.41) is 0. The molecule has 1 aliphatic rings. The summed E-state index contributed by atoms with van der Waals surface area (Å²) in [6.45, 7) is 0.487. The van der Waals surface area contributed by atoms with Crippen LogP contribution in [0.3, 0.4) is 0 Å². The molecular weight excluding hydrogens is 524 g/mol. The van der Waals surface area contributed by atoms with Gasteiger partial charge in [-0.15, -0.1) is 11.3 Å². The van der Waals surface area contributed by atoms with E-state index in [1.54, 1.807) is 24.7 Å². The van der Waals surface area contributed by atoms with E-state index in [0.29, 0.717) is 29.1 Å². The minimum absolute atomic E-state index is 0.00576. The van der Waals surface area contributed by atoms with E-state index in [9.17, 15) is 14.0 Å². The molecule has 0 aliphatic carbocycles. The number of rotatable bonds is 6. The minimum atomic E-state index is -0.632. The number of hydrogen-bond donors (Lipinski definition) is 0. The van der Waals surface area contributed by atoms with Gasteiger partial charge in [-0.1, -0.05) is 6.07 Å². The third-order valence-electron chi connectivity index (χ3n) is 6.35. The predicted molar refractivity (Wildman–Crippen MR) is 143 cm³/mol. The molecule has 2 aromatic carbocycles. The highest BCUT2D eigenvalue weighted by Gasteiger charge is 2.34. The van der Waals surface area contributed by atoms with Gasteiger partial charge in [0.1, 0.15) is 11.6 Å². The van der Waals surface area contributed by atoms with Gasteiger partial charge in [0.25, 0.3) is 0 Å². The van der Waals surface area contributed by atoms with Crippen LogP contribution in [0, 0.1) is 11.6 Å². The summed E-state index contributed by atoms with van der Waals surface area (Å²) in [4.78, 5) is 37.9. The van der Waals surface area contributed by atoms with Crippen molar-refractivity contribution in [1.82, 2.24) is 19.4 Å². The molecule has 4 heterocycles. The number of imide groups is 1. The molecular formula is C28H21F2N5O3S. The van der Waals surface area contributed by atoms with Crippen LogP contribution in [0.5, 0.6) is 11.5 Å². The molecule has 1 aliphatic heterocycles. The fourth-order valence-electron chi connectivity index (χ4n) is 4.42. The van der Waals surface area contributed by atoms with Crippen LogP contribution in [-0.2, 0) is 18.3 Å². The molecule has 0 radical (unpaired) electrons. The van der Waals surface area contributed by atoms with E-state index in [-0.39, 0.29) is 18.7 Å². The Bertz CT molecular complexity index is 1720. The second-order valence-corrected chi connectivity index (χ2v) is 10.1. The van der Waals surface area contributed by atoms with E-state index in [1.165, 1.54) is 52.6 Å². The van der Waals surface area contributed by atoms with Crippen LogP contribution in [0.4, 0.5) is 19.3 Å². The number of fused-ring (bicyclic) bond motifs is 1. The summed E-state index contributed by atoms with van der Waals surface area (Å²) in [7, 11) is 1.89. The van der Waals surface area contributed by atoms with Gasteiger partial charge in [0.05, 0.1) is 33.5 Å². The monoisotopic (exact) mass is 545 g/mol. The number of amides is 3. The maximum Gasteiger partial charge on any atom is 0.331 e. The number of carbonyl (C=O) groups excluding carboxylic acids is 2. The Labute approximate surface area is 225 Å². The van der Waals surface area contributed by atoms with E-state index in [2.05, 4.69) is 9.97 Å². The topological polar surface area (TPSA) is 80.6 Å². The highest BCUT2D eigenvalue weighted by Crippen LogP contribution is 2.39. The third-order valence-corrected chi connectivity index (χ3v) is 7.51. The van der Waals surface area contributed by atoms with Crippen LogP contribution < -0.4 is 9.64 Å². The SMILES string of the molecule is Cn1cnc(-c2cc3nccc(Oc4ccc(CC(=O)N5CCN(c6ccc(F)cc6)C5=O)cc4F)c3s2)c1. The molecule has 196 valence electrons. The lowest BCUT2D eigenvalue weighted by atomic mass is 10.1. The molecule has 0 unspecified atom stereocenters. The van der Waals surface area contributed by atoms with Gasteiger partial charge >= 0.3 is 6.03 Å². The number of aromatic nitrogens is 3. The Morgan fingerprint density at radius 3 is 2.59 bits per heavy atom. The zero-order valence-corrected chi connectivity index (χ0v) is 21.5. The summed E-state index contributed by atoms with van der Waals surface area (Å²) < 4.78 is 36.8. The van der Waals surface area contributed by atoms with Gasteiger partial charge in [-0.2, -0.15) is 0 Å². The van der Waals surface area contributed by atoms with Crippen LogP contribution >= 0.6 is 11.3 Å². The predicted octanol–water partition coefficient (Wildman–Crippen LogP) is 5.78. The minimum Gasteiger partial charge on any atom is -0.453 e. The quantitative estimate of drug-likeness (QED) is 0.270. The van der Waals surface area contributed by atoms with Crippen molar-refractivity contribution < 1.29 is 23.1 Å². The molecule has 3 aromatic heterocycles. The molecule has 0 spiro atoms. The van der Waals surface area contributed by atoms with E-state index in [0.717, 1.165) is 20.2 Å². The Morgan fingerprint density at radius 2 is 1.85 bits per heavy atom. The molecule has 39 heavy (non-hydrogen) atoms. The number of imidazole rings is 1. The Kier molecular flexibility index (Phi) is 6.27. The summed E-state index contributed by atoms with van der Waals surface area (Å²) in [6.07, 6.45) is 5.06. The molecule has 11 heteroatoms. The summed E-state index contributed by atoms with van der Waals surface area (Å²) in [5.74, 6) is -1.03.